The third-order valence-corrected chi connectivity index (χ3v) is 6.15. The van der Waals surface area contributed by atoms with Gasteiger partial charge in [-0.25, -0.2) is 4.79 Å². The maximum Gasteiger partial charge on any atom is 0.343 e. The smallest absolute Gasteiger partial charge is 0.343 e. The number of pyridine rings is 1. The maximum atomic E-state index is 14.2. The van der Waals surface area contributed by atoms with Crippen molar-refractivity contribution in [2.24, 2.45) is 0 Å². The Bertz CT molecular complexity index is 1270. The lowest BCUT2D eigenvalue weighted by Gasteiger charge is -2.29. The minimum atomic E-state index is -1.71. The summed E-state index contributed by atoms with van der Waals surface area (Å²) in [7, 11) is 2.63. The van der Waals surface area contributed by atoms with Crippen LogP contribution in [0.25, 0.3) is 0 Å². The molecule has 1 atom stereocenters. The number of esters is 3. The number of nitrogens with zero attached hydrogens (tertiary/aromatic N) is 1. The molecular formula is C30H39NO9. The Morgan fingerprint density at radius 3 is 2.02 bits per heavy atom. The number of fused-ring (bicyclic) bond motifs is 1. The second-order valence-electron chi connectivity index (χ2n) is 11.6. The Hall–Kier alpha value is -3.50. The number of aromatic nitrogens is 1. The average Bonchev–Trinajstić information content (AvgIpc) is 3.26. The molecule has 1 aromatic carbocycles. The first kappa shape index (κ1) is 31.0. The summed E-state index contributed by atoms with van der Waals surface area (Å²) in [5.41, 5.74) is -1.37. The Morgan fingerprint density at radius 1 is 0.950 bits per heavy atom. The highest BCUT2D eigenvalue weighted by Gasteiger charge is 2.45. The van der Waals surface area contributed by atoms with Gasteiger partial charge in [-0.3, -0.25) is 14.4 Å². The molecule has 0 aliphatic heterocycles. The van der Waals surface area contributed by atoms with Gasteiger partial charge in [0.25, 0.3) is 5.56 Å². The molecule has 218 valence electrons. The Balaban J connectivity index is 2.39. The molecule has 0 fully saturated rings. The van der Waals surface area contributed by atoms with E-state index in [2.05, 4.69) is 0 Å². The third kappa shape index (κ3) is 7.17. The number of benzene rings is 1. The van der Waals surface area contributed by atoms with Gasteiger partial charge in [0.15, 0.2) is 5.92 Å². The van der Waals surface area contributed by atoms with E-state index in [9.17, 15) is 19.2 Å². The number of methoxy groups -OCH3 is 2. The van der Waals surface area contributed by atoms with E-state index in [1.165, 1.54) is 11.7 Å². The molecule has 2 aromatic rings. The van der Waals surface area contributed by atoms with Crippen molar-refractivity contribution in [1.82, 2.24) is 4.57 Å². The molecule has 3 rings (SSSR count). The molecule has 0 N–H and O–H groups in total. The standard InChI is InChI=1S/C30H39NO9/c1-29(2,3)39-27(34)23(28(35)40-30(4,5)6)21-19-14-15-20(38-17-36-7)24(19)31(16-18-12-10-9-11-13-18)25(32)22(21)26(33)37-8/h9-13,20,23H,14-17H2,1-8H3. The van der Waals surface area contributed by atoms with Crippen LogP contribution in [0.1, 0.15) is 92.7 Å². The SMILES string of the molecule is COCOC1CCc2c(C(C(=O)OC(C)(C)C)C(=O)OC(C)(C)C)c(C(=O)OC)c(=O)n(Cc3ccccc3)c21. The van der Waals surface area contributed by atoms with Crippen molar-refractivity contribution < 1.29 is 38.1 Å². The molecule has 10 heteroatoms. The van der Waals surface area contributed by atoms with E-state index in [1.807, 2.05) is 30.3 Å². The lowest BCUT2D eigenvalue weighted by Crippen LogP contribution is -2.40. The van der Waals surface area contributed by atoms with Crippen LogP contribution in [-0.4, -0.2) is 54.7 Å². The zero-order valence-corrected chi connectivity index (χ0v) is 24.5. The van der Waals surface area contributed by atoms with Crippen molar-refractivity contribution in [2.75, 3.05) is 21.0 Å². The highest BCUT2D eigenvalue weighted by atomic mass is 16.7. The monoisotopic (exact) mass is 557 g/mol. The molecule has 0 bridgehead atoms. The van der Waals surface area contributed by atoms with Gasteiger partial charge >= 0.3 is 17.9 Å². The van der Waals surface area contributed by atoms with E-state index in [4.69, 9.17) is 23.7 Å². The minimum Gasteiger partial charge on any atom is -0.465 e. The minimum absolute atomic E-state index is 0.0424. The van der Waals surface area contributed by atoms with Gasteiger partial charge in [0, 0.05) is 12.7 Å². The molecule has 0 saturated heterocycles. The molecule has 0 spiro atoms. The second-order valence-corrected chi connectivity index (χ2v) is 11.6. The van der Waals surface area contributed by atoms with E-state index in [1.54, 1.807) is 41.5 Å². The van der Waals surface area contributed by atoms with Crippen LogP contribution in [0.2, 0.25) is 0 Å². The quantitative estimate of drug-likeness (QED) is 0.195. The first-order valence-electron chi connectivity index (χ1n) is 13.2. The Labute approximate surface area is 234 Å². The number of hydrogen-bond donors (Lipinski definition) is 0. The molecule has 40 heavy (non-hydrogen) atoms. The summed E-state index contributed by atoms with van der Waals surface area (Å²) in [4.78, 5) is 54.7. The first-order valence-corrected chi connectivity index (χ1v) is 13.2. The summed E-state index contributed by atoms with van der Waals surface area (Å²) in [5.74, 6) is -4.55. The number of ether oxygens (including phenoxy) is 5. The zero-order chi connectivity index (χ0) is 29.8. The molecule has 1 unspecified atom stereocenters. The van der Waals surface area contributed by atoms with Gasteiger partial charge in [0.05, 0.1) is 19.3 Å². The molecule has 0 radical (unpaired) electrons. The lowest BCUT2D eigenvalue weighted by atomic mass is 9.88. The van der Waals surface area contributed by atoms with Crippen LogP contribution in [-0.2, 0) is 46.2 Å². The van der Waals surface area contributed by atoms with Crippen LogP contribution in [0.3, 0.4) is 0 Å². The van der Waals surface area contributed by atoms with Crippen molar-refractivity contribution in [1.29, 1.82) is 0 Å². The summed E-state index contributed by atoms with van der Waals surface area (Å²) in [6, 6.07) is 9.26. The Morgan fingerprint density at radius 2 is 1.52 bits per heavy atom. The highest BCUT2D eigenvalue weighted by Crippen LogP contribution is 2.40. The summed E-state index contributed by atoms with van der Waals surface area (Å²) < 4.78 is 28.8. The molecule has 0 amide bonds. The normalized spacial score (nSPS) is 15.1. The predicted molar refractivity (Wildman–Crippen MR) is 146 cm³/mol. The molecule has 0 saturated carbocycles. The van der Waals surface area contributed by atoms with Gasteiger partial charge in [-0.15, -0.1) is 0 Å². The van der Waals surface area contributed by atoms with Gasteiger partial charge in [0.2, 0.25) is 0 Å². The van der Waals surface area contributed by atoms with Gasteiger partial charge in [-0.2, -0.15) is 0 Å². The van der Waals surface area contributed by atoms with Crippen molar-refractivity contribution in [2.45, 2.75) is 84.2 Å². The van der Waals surface area contributed by atoms with Gasteiger partial charge in [-0.1, -0.05) is 30.3 Å². The largest absolute Gasteiger partial charge is 0.465 e. The van der Waals surface area contributed by atoms with Gasteiger partial charge < -0.3 is 28.3 Å². The molecular weight excluding hydrogens is 518 g/mol. The predicted octanol–water partition coefficient (Wildman–Crippen LogP) is 4.06. The average molecular weight is 558 g/mol. The van der Waals surface area contributed by atoms with Crippen LogP contribution in [0, 0.1) is 0 Å². The van der Waals surface area contributed by atoms with Crippen molar-refractivity contribution in [3.05, 3.63) is 68.6 Å². The molecule has 1 aliphatic carbocycles. The topological polar surface area (TPSA) is 119 Å². The van der Waals surface area contributed by atoms with Gasteiger partial charge in [-0.05, 0) is 65.5 Å². The first-order chi connectivity index (χ1) is 18.7. The van der Waals surface area contributed by atoms with Crippen LogP contribution < -0.4 is 5.56 Å². The summed E-state index contributed by atoms with van der Waals surface area (Å²) >= 11 is 0. The Kier molecular flexibility index (Phi) is 9.58. The highest BCUT2D eigenvalue weighted by molar-refractivity contribution is 6.05. The fourth-order valence-corrected chi connectivity index (χ4v) is 4.76. The van der Waals surface area contributed by atoms with Crippen LogP contribution in [0.5, 0.6) is 0 Å². The van der Waals surface area contributed by atoms with Crippen LogP contribution >= 0.6 is 0 Å². The molecule has 10 nitrogen and oxygen atoms in total. The lowest BCUT2D eigenvalue weighted by molar-refractivity contribution is -0.169. The van der Waals surface area contributed by atoms with Crippen molar-refractivity contribution in [3.8, 4) is 0 Å². The number of carbonyl (C=O) groups excluding carboxylic acids is 3. The molecule has 1 aromatic heterocycles. The van der Waals surface area contributed by atoms with E-state index >= 15 is 0 Å². The fraction of sp³-hybridized carbons (Fsp3) is 0.533. The zero-order valence-electron chi connectivity index (χ0n) is 24.5. The summed E-state index contributed by atoms with van der Waals surface area (Å²) in [6.45, 7) is 10.1. The van der Waals surface area contributed by atoms with E-state index < -0.39 is 52.3 Å². The van der Waals surface area contributed by atoms with Crippen molar-refractivity contribution in [3.63, 3.8) is 0 Å². The van der Waals surface area contributed by atoms with E-state index in [0.717, 1.165) is 12.7 Å². The van der Waals surface area contributed by atoms with Gasteiger partial charge in [0.1, 0.15) is 29.7 Å². The second kappa shape index (κ2) is 12.3. The number of carbonyl (C=O) groups is 3. The van der Waals surface area contributed by atoms with E-state index in [-0.39, 0.29) is 18.9 Å². The number of hydrogen-bond acceptors (Lipinski definition) is 9. The van der Waals surface area contributed by atoms with Crippen LogP contribution in [0.15, 0.2) is 35.1 Å². The van der Waals surface area contributed by atoms with Crippen LogP contribution in [0.4, 0.5) is 0 Å². The van der Waals surface area contributed by atoms with Crippen molar-refractivity contribution >= 4 is 17.9 Å². The summed E-state index contributed by atoms with van der Waals surface area (Å²) in [6.07, 6.45) is 0.162. The third-order valence-electron chi connectivity index (χ3n) is 6.15. The summed E-state index contributed by atoms with van der Waals surface area (Å²) in [5, 5.41) is 0. The number of rotatable bonds is 9. The maximum absolute atomic E-state index is 14.2. The molecule has 1 aliphatic rings. The van der Waals surface area contributed by atoms with E-state index in [0.29, 0.717) is 24.1 Å². The fourth-order valence-electron chi connectivity index (χ4n) is 4.76. The molecule has 1 heterocycles.